The second-order valence-electron chi connectivity index (χ2n) is 3.23. The third kappa shape index (κ3) is 3.52. The molecule has 1 rings (SSSR count). The molecule has 5 heteroatoms. The van der Waals surface area contributed by atoms with Crippen molar-refractivity contribution in [2.75, 3.05) is 19.0 Å². The molecule has 0 fully saturated rings. The Morgan fingerprint density at radius 3 is 2.83 bits per heavy atom. The number of nitrogens with zero attached hydrogens (tertiary/aromatic N) is 1. The number of carbonyl (C=O) groups is 1. The number of hydrogen-bond acceptors (Lipinski definition) is 5. The van der Waals surface area contributed by atoms with E-state index in [0.29, 0.717) is 11.4 Å². The summed E-state index contributed by atoms with van der Waals surface area (Å²) in [4.78, 5) is 11.4. The second-order valence-corrected chi connectivity index (χ2v) is 3.23. The van der Waals surface area contributed by atoms with E-state index in [4.69, 9.17) is 14.7 Å². The van der Waals surface area contributed by atoms with Crippen LogP contribution in [0.1, 0.15) is 6.92 Å². The summed E-state index contributed by atoms with van der Waals surface area (Å²) in [7, 11) is 1.54. The largest absolute Gasteiger partial charge is 0.495 e. The third-order valence-electron chi connectivity index (χ3n) is 2.09. The van der Waals surface area contributed by atoms with Gasteiger partial charge in [0.1, 0.15) is 11.8 Å². The van der Waals surface area contributed by atoms with Crippen LogP contribution < -0.4 is 10.1 Å². The molecule has 1 N–H and O–H groups in total. The van der Waals surface area contributed by atoms with Crippen LogP contribution in [0.5, 0.6) is 5.75 Å². The Bertz CT molecular complexity index is 489. The van der Waals surface area contributed by atoms with E-state index in [2.05, 4.69) is 5.32 Å². The van der Waals surface area contributed by atoms with Gasteiger partial charge in [-0.2, -0.15) is 5.26 Å². The molecular formula is C13H14N2O3. The Balaban J connectivity index is 2.84. The lowest BCUT2D eigenvalue weighted by atomic mass is 10.3. The molecule has 0 atom stereocenters. The van der Waals surface area contributed by atoms with Gasteiger partial charge in [-0.1, -0.05) is 12.1 Å². The molecule has 0 saturated carbocycles. The van der Waals surface area contributed by atoms with Gasteiger partial charge in [0, 0.05) is 6.20 Å². The fourth-order valence-corrected chi connectivity index (χ4v) is 1.26. The van der Waals surface area contributed by atoms with E-state index in [9.17, 15) is 4.79 Å². The van der Waals surface area contributed by atoms with E-state index in [-0.39, 0.29) is 12.2 Å². The van der Waals surface area contributed by atoms with Crippen molar-refractivity contribution >= 4 is 11.7 Å². The molecule has 1 aromatic rings. The zero-order chi connectivity index (χ0) is 13.4. The number of nitriles is 1. The van der Waals surface area contributed by atoms with E-state index < -0.39 is 5.97 Å². The Morgan fingerprint density at radius 1 is 1.50 bits per heavy atom. The van der Waals surface area contributed by atoms with Crippen molar-refractivity contribution < 1.29 is 14.3 Å². The van der Waals surface area contributed by atoms with Crippen LogP contribution in [-0.2, 0) is 9.53 Å². The lowest BCUT2D eigenvalue weighted by molar-refractivity contribution is -0.138. The van der Waals surface area contributed by atoms with E-state index >= 15 is 0 Å². The summed E-state index contributed by atoms with van der Waals surface area (Å²) in [5.41, 5.74) is 0.569. The molecule has 0 aliphatic heterocycles. The first kappa shape index (κ1) is 13.6. The Labute approximate surface area is 106 Å². The van der Waals surface area contributed by atoms with Gasteiger partial charge in [0.2, 0.25) is 0 Å². The highest BCUT2D eigenvalue weighted by Gasteiger charge is 2.09. The molecule has 0 radical (unpaired) electrons. The molecule has 0 unspecified atom stereocenters. The van der Waals surface area contributed by atoms with Crippen molar-refractivity contribution in [3.8, 4) is 11.8 Å². The lowest BCUT2D eigenvalue weighted by Gasteiger charge is -2.07. The maximum Gasteiger partial charge on any atom is 0.350 e. The van der Waals surface area contributed by atoms with Crippen LogP contribution in [0.3, 0.4) is 0 Å². The first-order chi connectivity index (χ1) is 8.72. The van der Waals surface area contributed by atoms with Crippen LogP contribution in [0.15, 0.2) is 36.0 Å². The van der Waals surface area contributed by atoms with Gasteiger partial charge in [-0.15, -0.1) is 0 Å². The molecule has 0 bridgehead atoms. The normalized spacial score (nSPS) is 10.4. The molecule has 18 heavy (non-hydrogen) atoms. The molecule has 1 aromatic carbocycles. The summed E-state index contributed by atoms with van der Waals surface area (Å²) in [5, 5.41) is 11.7. The van der Waals surface area contributed by atoms with E-state index in [1.165, 1.54) is 6.20 Å². The molecule has 0 saturated heterocycles. The average Bonchev–Trinajstić information content (AvgIpc) is 2.40. The molecule has 94 valence electrons. The van der Waals surface area contributed by atoms with Gasteiger partial charge in [0.25, 0.3) is 0 Å². The number of para-hydroxylation sites is 2. The van der Waals surface area contributed by atoms with Crippen LogP contribution >= 0.6 is 0 Å². The van der Waals surface area contributed by atoms with Gasteiger partial charge >= 0.3 is 5.97 Å². The second kappa shape index (κ2) is 6.97. The average molecular weight is 246 g/mol. The highest BCUT2D eigenvalue weighted by molar-refractivity contribution is 5.93. The standard InChI is InChI=1S/C13H14N2O3/c1-3-18-13(16)10(8-14)9-15-11-6-4-5-7-12(11)17-2/h4-7,9,15H,3H2,1-2H3. The minimum atomic E-state index is -0.651. The highest BCUT2D eigenvalue weighted by atomic mass is 16.5. The summed E-state index contributed by atoms with van der Waals surface area (Å²) in [6.07, 6.45) is 1.30. The van der Waals surface area contributed by atoms with Crippen molar-refractivity contribution in [1.82, 2.24) is 0 Å². The minimum Gasteiger partial charge on any atom is -0.495 e. The van der Waals surface area contributed by atoms with Crippen molar-refractivity contribution in [2.24, 2.45) is 0 Å². The molecule has 0 aromatic heterocycles. The maximum atomic E-state index is 11.4. The number of esters is 1. The summed E-state index contributed by atoms with van der Waals surface area (Å²) < 4.78 is 9.87. The van der Waals surface area contributed by atoms with Gasteiger partial charge in [-0.05, 0) is 19.1 Å². The van der Waals surface area contributed by atoms with Gasteiger partial charge in [-0.25, -0.2) is 4.79 Å². The van der Waals surface area contributed by atoms with Crippen LogP contribution in [0.4, 0.5) is 5.69 Å². The number of anilines is 1. The summed E-state index contributed by atoms with van der Waals surface area (Å²) in [6, 6.07) is 8.96. The minimum absolute atomic E-state index is 0.0947. The Hall–Kier alpha value is -2.48. The zero-order valence-electron chi connectivity index (χ0n) is 10.3. The van der Waals surface area contributed by atoms with Gasteiger partial charge in [0.15, 0.2) is 5.57 Å². The van der Waals surface area contributed by atoms with Gasteiger partial charge < -0.3 is 14.8 Å². The fourth-order valence-electron chi connectivity index (χ4n) is 1.26. The summed E-state index contributed by atoms with van der Waals surface area (Å²) in [6.45, 7) is 1.91. The van der Waals surface area contributed by atoms with Crippen molar-refractivity contribution in [3.05, 3.63) is 36.0 Å². The van der Waals surface area contributed by atoms with Gasteiger partial charge in [-0.3, -0.25) is 0 Å². The van der Waals surface area contributed by atoms with Crippen molar-refractivity contribution in [1.29, 1.82) is 5.26 Å². The molecule has 0 spiro atoms. The van der Waals surface area contributed by atoms with E-state index in [1.807, 2.05) is 12.1 Å². The number of rotatable bonds is 5. The molecule has 5 nitrogen and oxygen atoms in total. The maximum absolute atomic E-state index is 11.4. The fraction of sp³-hybridized carbons (Fsp3) is 0.231. The number of benzene rings is 1. The number of ether oxygens (including phenoxy) is 2. The van der Waals surface area contributed by atoms with Crippen molar-refractivity contribution in [2.45, 2.75) is 6.92 Å². The smallest absolute Gasteiger partial charge is 0.350 e. The molecule has 0 amide bonds. The number of carbonyl (C=O) groups excluding carboxylic acids is 1. The summed E-state index contributed by atoms with van der Waals surface area (Å²) >= 11 is 0. The number of methoxy groups -OCH3 is 1. The van der Waals surface area contributed by atoms with Crippen LogP contribution in [-0.4, -0.2) is 19.7 Å². The van der Waals surface area contributed by atoms with E-state index in [0.717, 1.165) is 0 Å². The topological polar surface area (TPSA) is 71.4 Å². The third-order valence-corrected chi connectivity index (χ3v) is 2.09. The quantitative estimate of drug-likeness (QED) is 0.489. The monoisotopic (exact) mass is 246 g/mol. The predicted octanol–water partition coefficient (Wildman–Crippen LogP) is 2.08. The van der Waals surface area contributed by atoms with Crippen LogP contribution in [0, 0.1) is 11.3 Å². The first-order valence-corrected chi connectivity index (χ1v) is 5.39. The predicted molar refractivity (Wildman–Crippen MR) is 66.9 cm³/mol. The molecule has 0 aliphatic rings. The zero-order valence-corrected chi connectivity index (χ0v) is 10.3. The summed E-state index contributed by atoms with van der Waals surface area (Å²) in [5.74, 6) is -0.0303. The van der Waals surface area contributed by atoms with Gasteiger partial charge in [0.05, 0.1) is 19.4 Å². The lowest BCUT2D eigenvalue weighted by Crippen LogP contribution is -2.08. The molecule has 0 aliphatic carbocycles. The SMILES string of the molecule is CCOC(=O)C(C#N)=CNc1ccccc1OC. The van der Waals surface area contributed by atoms with Crippen molar-refractivity contribution in [3.63, 3.8) is 0 Å². The Morgan fingerprint density at radius 2 is 2.22 bits per heavy atom. The number of hydrogen-bond donors (Lipinski definition) is 1. The Kier molecular flexibility index (Phi) is 5.26. The van der Waals surface area contributed by atoms with E-state index in [1.54, 1.807) is 32.2 Å². The highest BCUT2D eigenvalue weighted by Crippen LogP contribution is 2.23. The van der Waals surface area contributed by atoms with Crippen LogP contribution in [0.25, 0.3) is 0 Å². The number of nitrogens with one attached hydrogen (secondary N) is 1. The van der Waals surface area contributed by atoms with Crippen LogP contribution in [0.2, 0.25) is 0 Å². The molecular weight excluding hydrogens is 232 g/mol. The molecule has 0 heterocycles. The first-order valence-electron chi connectivity index (χ1n) is 5.39.